The molecule has 146 valence electrons. The van der Waals surface area contributed by atoms with E-state index in [2.05, 4.69) is 10.3 Å². The third-order valence-electron chi connectivity index (χ3n) is 5.48. The van der Waals surface area contributed by atoms with Crippen LogP contribution >= 0.6 is 0 Å². The highest BCUT2D eigenvalue weighted by atomic mass is 16.2. The lowest BCUT2D eigenvalue weighted by Gasteiger charge is -2.14. The number of aromatic nitrogens is 3. The van der Waals surface area contributed by atoms with Crippen LogP contribution in [0.5, 0.6) is 0 Å². The first-order valence-corrected chi connectivity index (χ1v) is 9.95. The van der Waals surface area contributed by atoms with E-state index in [-0.39, 0.29) is 17.5 Å². The van der Waals surface area contributed by atoms with Crippen molar-refractivity contribution < 1.29 is 9.36 Å². The van der Waals surface area contributed by atoms with Crippen LogP contribution in [0.4, 0.5) is 5.82 Å². The molecule has 0 atom stereocenters. The first-order valence-electron chi connectivity index (χ1n) is 9.95. The fourth-order valence-corrected chi connectivity index (χ4v) is 4.02. The van der Waals surface area contributed by atoms with Gasteiger partial charge in [0.05, 0.1) is 6.54 Å². The standard InChI is InChI=1S/C21H25N5O2/c1-3-10-25-18(22)15(20(27)23-14-6-4-5-7-14)11-16-19(25)24-17-9-8-13(2)12-26(17)21(16)28/h8-9,11-12,14,22H,3-7,10H2,1-2H3,(H,23,27)/p+1. The molecule has 0 saturated heterocycles. The number of amides is 1. The first-order chi connectivity index (χ1) is 13.5. The molecule has 0 spiro atoms. The van der Waals surface area contributed by atoms with Crippen LogP contribution in [0.25, 0.3) is 16.7 Å². The number of carbonyl (C=O) groups excluding carboxylic acids is 1. The minimum Gasteiger partial charge on any atom is -0.349 e. The van der Waals surface area contributed by atoms with Crippen LogP contribution in [0, 0.1) is 6.92 Å². The monoisotopic (exact) mass is 380 g/mol. The Hall–Kier alpha value is -2.96. The van der Waals surface area contributed by atoms with Crippen LogP contribution in [-0.2, 0) is 6.54 Å². The molecule has 1 aliphatic rings. The second-order valence-electron chi connectivity index (χ2n) is 7.64. The third-order valence-corrected chi connectivity index (χ3v) is 5.48. The summed E-state index contributed by atoms with van der Waals surface area (Å²) in [6.07, 6.45) is 6.81. The molecule has 3 aromatic rings. The van der Waals surface area contributed by atoms with Gasteiger partial charge in [0.25, 0.3) is 17.1 Å². The van der Waals surface area contributed by atoms with E-state index in [1.807, 2.05) is 26.0 Å². The molecule has 7 nitrogen and oxygen atoms in total. The zero-order chi connectivity index (χ0) is 19.8. The number of aryl methyl sites for hydroxylation is 2. The van der Waals surface area contributed by atoms with Crippen LogP contribution in [0.2, 0.25) is 0 Å². The highest BCUT2D eigenvalue weighted by Crippen LogP contribution is 2.20. The largest absolute Gasteiger partial charge is 0.349 e. The lowest BCUT2D eigenvalue weighted by atomic mass is 10.1. The average Bonchev–Trinajstić information content (AvgIpc) is 3.18. The van der Waals surface area contributed by atoms with Gasteiger partial charge in [-0.3, -0.25) is 14.0 Å². The molecule has 3 aromatic heterocycles. The number of anilines is 1. The second-order valence-corrected chi connectivity index (χ2v) is 7.64. The van der Waals surface area contributed by atoms with Gasteiger partial charge in [-0.1, -0.05) is 30.8 Å². The molecular formula is C21H26N5O2+. The number of hydrogen-bond donors (Lipinski definition) is 2. The number of rotatable bonds is 4. The number of fused-ring (bicyclic) bond motifs is 2. The Morgan fingerprint density at radius 1 is 1.36 bits per heavy atom. The molecule has 0 radical (unpaired) electrons. The lowest BCUT2D eigenvalue weighted by Crippen LogP contribution is -2.43. The summed E-state index contributed by atoms with van der Waals surface area (Å²) in [6, 6.07) is 5.53. The zero-order valence-electron chi connectivity index (χ0n) is 16.4. The van der Waals surface area contributed by atoms with Gasteiger partial charge in [-0.2, -0.15) is 0 Å². The van der Waals surface area contributed by atoms with E-state index in [9.17, 15) is 9.59 Å². The molecule has 3 N–H and O–H groups in total. The molecule has 4 rings (SSSR count). The summed E-state index contributed by atoms with van der Waals surface area (Å²) < 4.78 is 3.32. The molecule has 1 aliphatic carbocycles. The quantitative estimate of drug-likeness (QED) is 0.535. The molecule has 0 aliphatic heterocycles. The zero-order valence-corrected chi connectivity index (χ0v) is 16.4. The van der Waals surface area contributed by atoms with Gasteiger partial charge in [-0.15, -0.1) is 0 Å². The fraction of sp³-hybridized carbons (Fsp3) is 0.429. The van der Waals surface area contributed by atoms with Crippen molar-refractivity contribution in [1.82, 2.24) is 14.7 Å². The molecule has 1 amide bonds. The predicted octanol–water partition coefficient (Wildman–Crippen LogP) is 2.11. The first kappa shape index (κ1) is 18.4. The Balaban J connectivity index is 1.94. The average molecular weight is 380 g/mol. The Labute approximate surface area is 163 Å². The minimum atomic E-state index is -0.218. The minimum absolute atomic E-state index is 0.181. The number of nitrogen functional groups attached to an aromatic ring is 1. The molecule has 0 aromatic carbocycles. The smallest absolute Gasteiger partial charge is 0.278 e. The number of pyridine rings is 2. The van der Waals surface area contributed by atoms with E-state index in [0.29, 0.717) is 34.6 Å². The van der Waals surface area contributed by atoms with Crippen molar-refractivity contribution in [2.45, 2.75) is 58.5 Å². The van der Waals surface area contributed by atoms with Crippen molar-refractivity contribution in [1.29, 1.82) is 0 Å². The topological polar surface area (TPSA) is 93.4 Å². The summed E-state index contributed by atoms with van der Waals surface area (Å²) >= 11 is 0. The maximum absolute atomic E-state index is 13.2. The molecule has 0 unspecified atom stereocenters. The fourth-order valence-electron chi connectivity index (χ4n) is 4.02. The molecule has 1 fully saturated rings. The lowest BCUT2D eigenvalue weighted by molar-refractivity contribution is -0.658. The summed E-state index contributed by atoms with van der Waals surface area (Å²) in [4.78, 5) is 30.8. The van der Waals surface area contributed by atoms with Crippen LogP contribution in [0.3, 0.4) is 0 Å². The van der Waals surface area contributed by atoms with Gasteiger partial charge < -0.3 is 11.1 Å². The van der Waals surface area contributed by atoms with E-state index in [1.165, 1.54) is 4.40 Å². The van der Waals surface area contributed by atoms with Gasteiger partial charge in [0, 0.05) is 12.2 Å². The normalized spacial score (nSPS) is 14.8. The Kier molecular flexibility index (Phi) is 4.75. The Morgan fingerprint density at radius 2 is 2.11 bits per heavy atom. The predicted molar refractivity (Wildman–Crippen MR) is 108 cm³/mol. The number of carbonyl (C=O) groups is 1. The number of nitrogens with two attached hydrogens (primary N) is 1. The van der Waals surface area contributed by atoms with Gasteiger partial charge in [-0.05, 0) is 43.9 Å². The van der Waals surface area contributed by atoms with Gasteiger partial charge >= 0.3 is 0 Å². The van der Waals surface area contributed by atoms with Crippen molar-refractivity contribution in [2.24, 2.45) is 0 Å². The SMILES string of the molecule is CCC[n+]1c(N)c(C(=O)NC2CCCC2)cc2c(=O)n3cc(C)ccc3nc21. The summed E-state index contributed by atoms with van der Waals surface area (Å²) in [5.41, 5.74) is 8.59. The number of hydrogen-bond acceptors (Lipinski definition) is 4. The van der Waals surface area contributed by atoms with Crippen molar-refractivity contribution in [2.75, 3.05) is 5.73 Å². The molecular weight excluding hydrogens is 354 g/mol. The molecule has 0 bridgehead atoms. The summed E-state index contributed by atoms with van der Waals surface area (Å²) in [5.74, 6) is 0.137. The third kappa shape index (κ3) is 3.10. The van der Waals surface area contributed by atoms with E-state index >= 15 is 0 Å². The van der Waals surface area contributed by atoms with Crippen LogP contribution < -0.4 is 21.2 Å². The van der Waals surface area contributed by atoms with Crippen LogP contribution in [-0.4, -0.2) is 21.3 Å². The molecule has 1 saturated carbocycles. The van der Waals surface area contributed by atoms with Crippen molar-refractivity contribution in [3.05, 3.63) is 45.9 Å². The Morgan fingerprint density at radius 3 is 2.82 bits per heavy atom. The summed E-state index contributed by atoms with van der Waals surface area (Å²) in [5, 5.41) is 3.48. The highest BCUT2D eigenvalue weighted by Gasteiger charge is 2.26. The van der Waals surface area contributed by atoms with Gasteiger partial charge in [0.15, 0.2) is 0 Å². The van der Waals surface area contributed by atoms with E-state index in [1.54, 1.807) is 16.8 Å². The number of nitrogens with zero attached hydrogens (tertiary/aromatic N) is 3. The van der Waals surface area contributed by atoms with E-state index in [0.717, 1.165) is 37.7 Å². The number of nitrogens with one attached hydrogen (secondary N) is 1. The summed E-state index contributed by atoms with van der Waals surface area (Å²) in [6.45, 7) is 4.54. The van der Waals surface area contributed by atoms with E-state index in [4.69, 9.17) is 5.73 Å². The van der Waals surface area contributed by atoms with Gasteiger partial charge in [-0.25, -0.2) is 4.57 Å². The molecule has 3 heterocycles. The molecule has 28 heavy (non-hydrogen) atoms. The molecule has 7 heteroatoms. The maximum atomic E-state index is 13.2. The summed E-state index contributed by atoms with van der Waals surface area (Å²) in [7, 11) is 0. The van der Waals surface area contributed by atoms with Crippen molar-refractivity contribution in [3.8, 4) is 0 Å². The van der Waals surface area contributed by atoms with Gasteiger partial charge in [0.2, 0.25) is 11.5 Å². The Bertz CT molecular complexity index is 1130. The van der Waals surface area contributed by atoms with Crippen molar-refractivity contribution >= 4 is 28.4 Å². The van der Waals surface area contributed by atoms with E-state index < -0.39 is 0 Å². The van der Waals surface area contributed by atoms with Crippen LogP contribution in [0.15, 0.2) is 29.2 Å². The maximum Gasteiger partial charge on any atom is 0.278 e. The highest BCUT2D eigenvalue weighted by molar-refractivity contribution is 6.00. The van der Waals surface area contributed by atoms with Crippen molar-refractivity contribution in [3.63, 3.8) is 0 Å². The van der Waals surface area contributed by atoms with Gasteiger partial charge in [0.1, 0.15) is 10.9 Å². The second kappa shape index (κ2) is 7.22. The van der Waals surface area contributed by atoms with Crippen LogP contribution in [0.1, 0.15) is 54.9 Å².